The highest BCUT2D eigenvalue weighted by Gasteiger charge is 2.27. The third-order valence-corrected chi connectivity index (χ3v) is 6.05. The van der Waals surface area contributed by atoms with Gasteiger partial charge in [-0.15, -0.1) is 5.10 Å². The number of benzene rings is 2. The first kappa shape index (κ1) is 25.1. The van der Waals surface area contributed by atoms with E-state index in [1.54, 1.807) is 32.0 Å². The summed E-state index contributed by atoms with van der Waals surface area (Å²) < 4.78 is 18.6. The molecule has 2 atom stereocenters. The van der Waals surface area contributed by atoms with E-state index in [-0.39, 0.29) is 6.42 Å². The van der Waals surface area contributed by atoms with Gasteiger partial charge < -0.3 is 19.3 Å². The normalized spacial score (nSPS) is 17.7. The summed E-state index contributed by atoms with van der Waals surface area (Å²) in [6.07, 6.45) is 2.56. The molecule has 0 radical (unpaired) electrons. The van der Waals surface area contributed by atoms with Gasteiger partial charge in [-0.2, -0.15) is 0 Å². The van der Waals surface area contributed by atoms with Crippen LogP contribution in [0.25, 0.3) is 11.1 Å². The number of cyclic esters (lactones) is 1. The molecule has 0 unspecified atom stereocenters. The van der Waals surface area contributed by atoms with E-state index >= 15 is 0 Å². The lowest BCUT2D eigenvalue weighted by atomic mass is 9.89. The third kappa shape index (κ3) is 5.31. The van der Waals surface area contributed by atoms with E-state index in [0.29, 0.717) is 29.3 Å². The van der Waals surface area contributed by atoms with Crippen LogP contribution in [0.15, 0.2) is 48.6 Å². The van der Waals surface area contributed by atoms with Crippen molar-refractivity contribution in [2.24, 2.45) is 7.05 Å². The van der Waals surface area contributed by atoms with Crippen molar-refractivity contribution in [1.82, 2.24) is 20.2 Å². The van der Waals surface area contributed by atoms with E-state index in [2.05, 4.69) is 15.5 Å². The van der Waals surface area contributed by atoms with Crippen LogP contribution in [0.5, 0.6) is 11.5 Å². The minimum absolute atomic E-state index is 0.00747. The standard InChI is InChI=1S/C27H30N4O5/c1-16-6-10-23(34-4)21(12-16)26(22-13-17(2)7-11-24(22)35-5)20(27-28-29-30-31(27)3)9-8-19-14-18(32)15-25(33)36-19/h6-13,18-19,32H,14-15H2,1-5H3/t18-,19-/m1/s1. The molecular formula is C27H30N4O5. The van der Waals surface area contributed by atoms with Gasteiger partial charge >= 0.3 is 5.97 Å². The van der Waals surface area contributed by atoms with Gasteiger partial charge in [-0.1, -0.05) is 29.3 Å². The van der Waals surface area contributed by atoms with Crippen LogP contribution in [0.1, 0.15) is 40.9 Å². The molecular weight excluding hydrogens is 460 g/mol. The number of aliphatic hydroxyl groups is 1. The van der Waals surface area contributed by atoms with Gasteiger partial charge in [0.2, 0.25) is 0 Å². The Hall–Kier alpha value is -3.98. The number of tetrazole rings is 1. The van der Waals surface area contributed by atoms with Gasteiger partial charge in [0, 0.05) is 35.7 Å². The van der Waals surface area contributed by atoms with Gasteiger partial charge in [0.05, 0.1) is 26.7 Å². The average Bonchev–Trinajstić information content (AvgIpc) is 3.26. The first-order valence-electron chi connectivity index (χ1n) is 11.6. The summed E-state index contributed by atoms with van der Waals surface area (Å²) in [5, 5.41) is 22.3. The van der Waals surface area contributed by atoms with Crippen molar-refractivity contribution in [2.75, 3.05) is 14.2 Å². The maximum Gasteiger partial charge on any atom is 0.309 e. The fourth-order valence-electron chi connectivity index (χ4n) is 4.33. The van der Waals surface area contributed by atoms with Crippen LogP contribution in [0.4, 0.5) is 0 Å². The van der Waals surface area contributed by atoms with E-state index in [4.69, 9.17) is 14.2 Å². The first-order chi connectivity index (χ1) is 17.3. The molecule has 2 heterocycles. The Morgan fingerprint density at radius 3 is 2.19 bits per heavy atom. The van der Waals surface area contributed by atoms with E-state index < -0.39 is 18.2 Å². The lowest BCUT2D eigenvalue weighted by molar-refractivity contribution is -0.156. The number of esters is 1. The van der Waals surface area contributed by atoms with Gasteiger partial charge in [0.15, 0.2) is 5.82 Å². The second kappa shape index (κ2) is 10.7. The van der Waals surface area contributed by atoms with Gasteiger partial charge in [0.25, 0.3) is 0 Å². The molecule has 9 heteroatoms. The van der Waals surface area contributed by atoms with E-state index in [0.717, 1.165) is 27.8 Å². The highest BCUT2D eigenvalue weighted by atomic mass is 16.5. The molecule has 1 N–H and O–H groups in total. The number of hydrogen-bond donors (Lipinski definition) is 1. The van der Waals surface area contributed by atoms with Crippen molar-refractivity contribution in [2.45, 2.75) is 38.9 Å². The molecule has 1 aliphatic rings. The molecule has 36 heavy (non-hydrogen) atoms. The van der Waals surface area contributed by atoms with Gasteiger partial charge in [-0.05, 0) is 54.6 Å². The van der Waals surface area contributed by atoms with Crippen LogP contribution in [0.3, 0.4) is 0 Å². The molecule has 1 fully saturated rings. The monoisotopic (exact) mass is 490 g/mol. The highest BCUT2D eigenvalue weighted by Crippen LogP contribution is 2.41. The number of aliphatic hydroxyl groups excluding tert-OH is 1. The maximum absolute atomic E-state index is 11.9. The molecule has 2 aromatic carbocycles. The molecule has 0 bridgehead atoms. The fraction of sp³-hybridized carbons (Fsp3) is 0.333. The van der Waals surface area contributed by atoms with Crippen molar-refractivity contribution in [3.05, 3.63) is 76.6 Å². The van der Waals surface area contributed by atoms with Gasteiger partial charge in [-0.3, -0.25) is 4.79 Å². The number of nitrogens with zero attached hydrogens (tertiary/aromatic N) is 4. The zero-order valence-corrected chi connectivity index (χ0v) is 21.1. The second-order valence-corrected chi connectivity index (χ2v) is 8.80. The Kier molecular flexibility index (Phi) is 7.49. The summed E-state index contributed by atoms with van der Waals surface area (Å²) in [4.78, 5) is 11.9. The molecule has 0 amide bonds. The van der Waals surface area contributed by atoms with E-state index in [1.165, 1.54) is 0 Å². The average molecular weight is 491 g/mol. The summed E-state index contributed by atoms with van der Waals surface area (Å²) in [6, 6.07) is 11.9. The molecule has 0 spiro atoms. The summed E-state index contributed by atoms with van der Waals surface area (Å²) in [5.74, 6) is 1.39. The number of hydrogen-bond acceptors (Lipinski definition) is 8. The minimum Gasteiger partial charge on any atom is -0.496 e. The van der Waals surface area contributed by atoms with Crippen molar-refractivity contribution in [3.63, 3.8) is 0 Å². The molecule has 4 rings (SSSR count). The highest BCUT2D eigenvalue weighted by molar-refractivity contribution is 6.03. The largest absolute Gasteiger partial charge is 0.496 e. The number of allylic oxidation sites excluding steroid dienone is 2. The lowest BCUT2D eigenvalue weighted by Gasteiger charge is -2.24. The third-order valence-electron chi connectivity index (χ3n) is 6.05. The predicted molar refractivity (Wildman–Crippen MR) is 134 cm³/mol. The number of aromatic nitrogens is 4. The maximum atomic E-state index is 11.9. The Labute approximate surface area is 210 Å². The zero-order valence-electron chi connectivity index (χ0n) is 21.1. The topological polar surface area (TPSA) is 109 Å². The van der Waals surface area contributed by atoms with Crippen LogP contribution >= 0.6 is 0 Å². The van der Waals surface area contributed by atoms with E-state index in [9.17, 15) is 9.90 Å². The Morgan fingerprint density at radius 1 is 1.08 bits per heavy atom. The summed E-state index contributed by atoms with van der Waals surface area (Å²) >= 11 is 0. The molecule has 3 aromatic rings. The van der Waals surface area contributed by atoms with Crippen LogP contribution in [-0.2, 0) is 16.6 Å². The van der Waals surface area contributed by atoms with Crippen LogP contribution in [-0.4, -0.2) is 57.7 Å². The van der Waals surface area contributed by atoms with Gasteiger partial charge in [0.1, 0.15) is 17.6 Å². The molecule has 1 aromatic heterocycles. The fourth-order valence-corrected chi connectivity index (χ4v) is 4.33. The van der Waals surface area contributed by atoms with Crippen LogP contribution in [0.2, 0.25) is 0 Å². The van der Waals surface area contributed by atoms with Crippen molar-refractivity contribution >= 4 is 17.1 Å². The quantitative estimate of drug-likeness (QED) is 0.396. The second-order valence-electron chi connectivity index (χ2n) is 8.80. The summed E-state index contributed by atoms with van der Waals surface area (Å²) in [5.41, 5.74) is 5.19. The lowest BCUT2D eigenvalue weighted by Crippen LogP contribution is -2.31. The van der Waals surface area contributed by atoms with Crippen LogP contribution in [0, 0.1) is 13.8 Å². The van der Waals surface area contributed by atoms with Crippen LogP contribution < -0.4 is 9.47 Å². The predicted octanol–water partition coefficient (Wildman–Crippen LogP) is 3.43. The zero-order chi connectivity index (χ0) is 25.8. The number of carbonyl (C=O) groups excluding carboxylic acids is 1. The van der Waals surface area contributed by atoms with Gasteiger partial charge in [-0.25, -0.2) is 4.68 Å². The molecule has 188 valence electrons. The summed E-state index contributed by atoms with van der Waals surface area (Å²) in [7, 11) is 5.01. The molecule has 9 nitrogen and oxygen atoms in total. The summed E-state index contributed by atoms with van der Waals surface area (Å²) in [6.45, 7) is 4.02. The molecule has 1 aliphatic heterocycles. The van der Waals surface area contributed by atoms with Crippen molar-refractivity contribution in [1.29, 1.82) is 0 Å². The Bertz CT molecular complexity index is 1270. The van der Waals surface area contributed by atoms with Crippen molar-refractivity contribution in [3.8, 4) is 11.5 Å². The number of aryl methyl sites for hydroxylation is 3. The Balaban J connectivity index is 2.05. The number of rotatable bonds is 7. The molecule has 1 saturated heterocycles. The van der Waals surface area contributed by atoms with E-state index in [1.807, 2.05) is 56.3 Å². The smallest absolute Gasteiger partial charge is 0.309 e. The SMILES string of the molecule is COc1ccc(C)cc1C(=C(C=C[C@@H]1C[C@@H](O)CC(=O)O1)c1nnnn1C)c1cc(C)ccc1OC. The molecule has 0 aliphatic carbocycles. The van der Waals surface area contributed by atoms with Crippen molar-refractivity contribution < 1.29 is 24.1 Å². The minimum atomic E-state index is -0.752. The first-order valence-corrected chi connectivity index (χ1v) is 11.6. The number of carbonyl (C=O) groups is 1. The number of ether oxygens (including phenoxy) is 3. The Morgan fingerprint density at radius 2 is 1.69 bits per heavy atom. The molecule has 0 saturated carbocycles. The number of methoxy groups -OCH3 is 2.